The number of thiazole rings is 1. The van der Waals surface area contributed by atoms with Gasteiger partial charge in [-0.25, -0.2) is 9.37 Å². The monoisotopic (exact) mass is 446 g/mol. The highest BCUT2D eigenvalue weighted by molar-refractivity contribution is 8.16. The van der Waals surface area contributed by atoms with Crippen molar-refractivity contribution in [2.75, 3.05) is 23.4 Å². The number of hydrogen-bond acceptors (Lipinski definition) is 6. The van der Waals surface area contributed by atoms with E-state index in [0.717, 1.165) is 0 Å². The van der Waals surface area contributed by atoms with Crippen LogP contribution in [0.5, 0.6) is 5.75 Å². The van der Waals surface area contributed by atoms with Gasteiger partial charge in [-0.05, 0) is 47.8 Å². The fraction of sp³-hybridized carbons (Fsp3) is 0.238. The molecule has 4 nitrogen and oxygen atoms in total. The van der Waals surface area contributed by atoms with E-state index in [1.54, 1.807) is 17.5 Å². The van der Waals surface area contributed by atoms with Crippen LogP contribution in [0.25, 0.3) is 11.3 Å². The molecule has 8 heteroatoms. The third-order valence-electron chi connectivity index (χ3n) is 4.22. The average Bonchev–Trinajstić information content (AvgIpc) is 3.22. The summed E-state index contributed by atoms with van der Waals surface area (Å²) in [6, 6.07) is 14.2. The van der Waals surface area contributed by atoms with E-state index in [0.29, 0.717) is 26.7 Å². The van der Waals surface area contributed by atoms with Crippen molar-refractivity contribution in [2.45, 2.75) is 11.0 Å². The number of rotatable bonds is 6. The number of nitrogens with one attached hydrogen (secondary N) is 1. The maximum atomic E-state index is 13.3. The first-order valence-electron chi connectivity index (χ1n) is 9.15. The molecule has 1 N–H and O–H groups in total. The van der Waals surface area contributed by atoms with Crippen LogP contribution < -0.4 is 10.1 Å². The van der Waals surface area contributed by atoms with Crippen LogP contribution in [0.2, 0.25) is 0 Å². The molecule has 0 radical (unpaired) electrons. The zero-order valence-electron chi connectivity index (χ0n) is 15.5. The van der Waals surface area contributed by atoms with Gasteiger partial charge in [-0.2, -0.15) is 0 Å². The Hall–Kier alpha value is -2.03. The summed E-state index contributed by atoms with van der Waals surface area (Å²) in [7, 11) is 0. The number of thioether (sulfide) groups is 2. The number of nitrogens with zero attached hydrogens (tertiary/aromatic N) is 1. The first kappa shape index (κ1) is 20.3. The second-order valence-corrected chi connectivity index (χ2v) is 9.96. The van der Waals surface area contributed by atoms with Gasteiger partial charge in [0.05, 0.1) is 10.3 Å². The summed E-state index contributed by atoms with van der Waals surface area (Å²) in [5.74, 6) is 2.46. The fourth-order valence-electron chi connectivity index (χ4n) is 2.82. The topological polar surface area (TPSA) is 51.2 Å². The summed E-state index contributed by atoms with van der Waals surface area (Å²) in [6.45, 7) is -0.0961. The number of carbonyl (C=O) groups excluding carboxylic acids is 1. The van der Waals surface area contributed by atoms with Gasteiger partial charge >= 0.3 is 0 Å². The highest BCUT2D eigenvalue weighted by Crippen LogP contribution is 2.43. The predicted octanol–water partition coefficient (Wildman–Crippen LogP) is 5.84. The Morgan fingerprint density at radius 1 is 1.17 bits per heavy atom. The molecule has 0 aliphatic carbocycles. The lowest BCUT2D eigenvalue weighted by Gasteiger charge is -2.21. The standard InChI is InChI=1S/C21H19FN2O2S3/c22-16-4-1-3-15(11-16)18-13-29-21(23-18)24-19(25)12-26-17-7-5-14(6-8-17)20-27-9-2-10-28-20/h1,3-8,11,13,20H,2,9-10,12H2,(H,23,24,25). The number of anilines is 1. The minimum atomic E-state index is -0.318. The van der Waals surface area contributed by atoms with Gasteiger partial charge in [0.15, 0.2) is 11.7 Å². The number of amides is 1. The lowest BCUT2D eigenvalue weighted by Crippen LogP contribution is -2.20. The Morgan fingerprint density at radius 2 is 1.97 bits per heavy atom. The third kappa shape index (κ3) is 5.52. The van der Waals surface area contributed by atoms with E-state index in [9.17, 15) is 9.18 Å². The molecule has 0 atom stereocenters. The lowest BCUT2D eigenvalue weighted by atomic mass is 10.2. The summed E-state index contributed by atoms with van der Waals surface area (Å²) < 4.78 is 19.4. The van der Waals surface area contributed by atoms with Crippen LogP contribution in [0, 0.1) is 5.82 Å². The summed E-state index contributed by atoms with van der Waals surface area (Å²) >= 11 is 5.24. The SMILES string of the molecule is O=C(COc1ccc(C2SCCCS2)cc1)Nc1nc(-c2cccc(F)c2)cs1. The highest BCUT2D eigenvalue weighted by Gasteiger charge is 2.16. The van der Waals surface area contributed by atoms with E-state index in [4.69, 9.17) is 4.74 Å². The van der Waals surface area contributed by atoms with E-state index in [1.165, 1.54) is 47.0 Å². The smallest absolute Gasteiger partial charge is 0.264 e. The predicted molar refractivity (Wildman–Crippen MR) is 120 cm³/mol. The van der Waals surface area contributed by atoms with Gasteiger partial charge in [-0.3, -0.25) is 10.1 Å². The van der Waals surface area contributed by atoms with Crippen molar-refractivity contribution in [3.8, 4) is 17.0 Å². The highest BCUT2D eigenvalue weighted by atomic mass is 32.2. The summed E-state index contributed by atoms with van der Waals surface area (Å²) in [5, 5.41) is 4.96. The van der Waals surface area contributed by atoms with Crippen molar-refractivity contribution in [1.82, 2.24) is 4.98 Å². The zero-order valence-corrected chi connectivity index (χ0v) is 17.9. The van der Waals surface area contributed by atoms with E-state index < -0.39 is 0 Å². The van der Waals surface area contributed by atoms with Crippen LogP contribution >= 0.6 is 34.9 Å². The average molecular weight is 447 g/mol. The normalized spacial score (nSPS) is 14.5. The van der Waals surface area contributed by atoms with Crippen LogP contribution in [0.3, 0.4) is 0 Å². The van der Waals surface area contributed by atoms with Gasteiger partial charge in [0.2, 0.25) is 0 Å². The molecule has 1 saturated heterocycles. The van der Waals surface area contributed by atoms with E-state index in [-0.39, 0.29) is 18.3 Å². The largest absolute Gasteiger partial charge is 0.484 e. The Kier molecular flexibility index (Phi) is 6.74. The number of hydrogen-bond donors (Lipinski definition) is 1. The Morgan fingerprint density at radius 3 is 2.72 bits per heavy atom. The lowest BCUT2D eigenvalue weighted by molar-refractivity contribution is -0.118. The number of aromatic nitrogens is 1. The van der Waals surface area contributed by atoms with Crippen LogP contribution in [-0.2, 0) is 4.79 Å². The minimum Gasteiger partial charge on any atom is -0.484 e. The van der Waals surface area contributed by atoms with Gasteiger partial charge in [0.1, 0.15) is 11.6 Å². The molecule has 1 aromatic heterocycles. The molecule has 3 aromatic rings. The molecule has 0 unspecified atom stereocenters. The summed E-state index contributed by atoms with van der Waals surface area (Å²) in [6.07, 6.45) is 1.27. The van der Waals surface area contributed by atoms with Crippen LogP contribution in [0.1, 0.15) is 16.6 Å². The van der Waals surface area contributed by atoms with Crippen molar-refractivity contribution in [3.63, 3.8) is 0 Å². The maximum absolute atomic E-state index is 13.3. The Bertz CT molecular complexity index is 972. The van der Waals surface area contributed by atoms with E-state index >= 15 is 0 Å². The van der Waals surface area contributed by atoms with E-state index in [1.807, 2.05) is 35.7 Å². The van der Waals surface area contributed by atoms with E-state index in [2.05, 4.69) is 22.4 Å². The molecule has 0 spiro atoms. The first-order chi connectivity index (χ1) is 14.2. The van der Waals surface area contributed by atoms with Crippen LogP contribution in [0.4, 0.5) is 9.52 Å². The third-order valence-corrected chi connectivity index (χ3v) is 7.99. The number of carbonyl (C=O) groups is 1. The summed E-state index contributed by atoms with van der Waals surface area (Å²) in [5.41, 5.74) is 2.58. The molecule has 1 aliphatic heterocycles. The first-order valence-corrected chi connectivity index (χ1v) is 12.1. The van der Waals surface area contributed by atoms with Gasteiger partial charge in [0.25, 0.3) is 5.91 Å². The quantitative estimate of drug-likeness (QED) is 0.516. The van der Waals surface area contributed by atoms with Crippen molar-refractivity contribution in [1.29, 1.82) is 0 Å². The molecule has 2 heterocycles. The fourth-order valence-corrected chi connectivity index (χ4v) is 6.45. The molecule has 4 rings (SSSR count). The van der Waals surface area contributed by atoms with Crippen LogP contribution in [0.15, 0.2) is 53.9 Å². The zero-order chi connectivity index (χ0) is 20.1. The van der Waals surface area contributed by atoms with Crippen LogP contribution in [-0.4, -0.2) is 29.0 Å². The molecule has 1 fully saturated rings. The number of benzene rings is 2. The molecule has 1 amide bonds. The van der Waals surface area contributed by atoms with Gasteiger partial charge in [0, 0.05) is 10.9 Å². The molecular formula is C21H19FN2O2S3. The van der Waals surface area contributed by atoms with Crippen molar-refractivity contribution in [2.24, 2.45) is 0 Å². The van der Waals surface area contributed by atoms with Crippen molar-refractivity contribution < 1.29 is 13.9 Å². The Balaban J connectivity index is 1.29. The summed E-state index contributed by atoms with van der Waals surface area (Å²) in [4.78, 5) is 16.5. The maximum Gasteiger partial charge on any atom is 0.264 e. The van der Waals surface area contributed by atoms with Gasteiger partial charge in [-0.1, -0.05) is 24.3 Å². The molecule has 1 aliphatic rings. The molecule has 29 heavy (non-hydrogen) atoms. The van der Waals surface area contributed by atoms with Gasteiger partial charge in [-0.15, -0.1) is 34.9 Å². The molecule has 0 bridgehead atoms. The second kappa shape index (κ2) is 9.65. The van der Waals surface area contributed by atoms with Crippen molar-refractivity contribution >= 4 is 45.9 Å². The molecular weight excluding hydrogens is 427 g/mol. The minimum absolute atomic E-state index is 0.0961. The number of ether oxygens (including phenoxy) is 1. The van der Waals surface area contributed by atoms with Crippen molar-refractivity contribution in [3.05, 3.63) is 65.3 Å². The molecule has 0 saturated carbocycles. The Labute approximate surface area is 181 Å². The molecule has 150 valence electrons. The number of halogens is 1. The van der Waals surface area contributed by atoms with Gasteiger partial charge < -0.3 is 4.74 Å². The molecule has 2 aromatic carbocycles. The second-order valence-electron chi connectivity index (χ2n) is 6.38.